The second-order valence-corrected chi connectivity index (χ2v) is 7.76. The van der Waals surface area contributed by atoms with Crippen molar-refractivity contribution in [3.8, 4) is 5.75 Å². The number of methoxy groups -OCH3 is 1. The molecule has 0 amide bonds. The Morgan fingerprint density at radius 1 is 1.35 bits per heavy atom. The molecule has 0 aliphatic heterocycles. The molecule has 0 spiro atoms. The largest absolute Gasteiger partial charge is 0.497 e. The van der Waals surface area contributed by atoms with Crippen LogP contribution in [0.3, 0.4) is 0 Å². The fourth-order valence-corrected chi connectivity index (χ4v) is 2.79. The Labute approximate surface area is 131 Å². The van der Waals surface area contributed by atoms with Crippen LogP contribution in [-0.4, -0.2) is 19.7 Å². The Morgan fingerprint density at radius 3 is 2.60 bits per heavy atom. The van der Waals surface area contributed by atoms with Gasteiger partial charge in [-0.25, -0.2) is 0 Å². The molecule has 0 bridgehead atoms. The monoisotopic (exact) mass is 339 g/mol. The SMILES string of the molecule is COc1ccc(Br)c(CC(CNC2CC2)C(C)(C)C)c1. The lowest BCUT2D eigenvalue weighted by atomic mass is 9.77. The predicted octanol–water partition coefficient (Wildman–Crippen LogP) is 4.41. The molecule has 1 aromatic carbocycles. The molecule has 1 aromatic rings. The summed E-state index contributed by atoms with van der Waals surface area (Å²) in [6.07, 6.45) is 3.76. The predicted molar refractivity (Wildman–Crippen MR) is 88.4 cm³/mol. The van der Waals surface area contributed by atoms with Crippen molar-refractivity contribution < 1.29 is 4.74 Å². The zero-order chi connectivity index (χ0) is 14.8. The first-order valence-corrected chi connectivity index (χ1v) is 8.25. The van der Waals surface area contributed by atoms with Gasteiger partial charge in [-0.1, -0.05) is 36.7 Å². The molecule has 2 nitrogen and oxygen atoms in total. The van der Waals surface area contributed by atoms with Crippen molar-refractivity contribution in [3.63, 3.8) is 0 Å². The van der Waals surface area contributed by atoms with Crippen LogP contribution >= 0.6 is 15.9 Å². The van der Waals surface area contributed by atoms with Crippen LogP contribution < -0.4 is 10.1 Å². The minimum atomic E-state index is 0.296. The first-order chi connectivity index (χ1) is 9.40. The number of rotatable bonds is 6. The lowest BCUT2D eigenvalue weighted by molar-refractivity contribution is 0.230. The highest BCUT2D eigenvalue weighted by atomic mass is 79.9. The van der Waals surface area contributed by atoms with Crippen LogP contribution in [0.2, 0.25) is 0 Å². The van der Waals surface area contributed by atoms with E-state index in [1.807, 2.05) is 6.07 Å². The Bertz CT molecular complexity index is 449. The van der Waals surface area contributed by atoms with Crippen LogP contribution in [0.5, 0.6) is 5.75 Å². The van der Waals surface area contributed by atoms with E-state index in [0.717, 1.165) is 24.8 Å². The average Bonchev–Trinajstić information content (AvgIpc) is 3.19. The maximum absolute atomic E-state index is 5.35. The summed E-state index contributed by atoms with van der Waals surface area (Å²) >= 11 is 3.67. The summed E-state index contributed by atoms with van der Waals surface area (Å²) in [5.74, 6) is 1.55. The van der Waals surface area contributed by atoms with Gasteiger partial charge in [0.1, 0.15) is 5.75 Å². The van der Waals surface area contributed by atoms with Gasteiger partial charge < -0.3 is 10.1 Å². The van der Waals surface area contributed by atoms with Gasteiger partial charge in [0.2, 0.25) is 0 Å². The molecule has 1 N–H and O–H groups in total. The molecule has 0 radical (unpaired) electrons. The lowest BCUT2D eigenvalue weighted by Crippen LogP contribution is -2.34. The third kappa shape index (κ3) is 4.49. The molecule has 0 aromatic heterocycles. The van der Waals surface area contributed by atoms with Gasteiger partial charge in [0, 0.05) is 10.5 Å². The van der Waals surface area contributed by atoms with Gasteiger partial charge in [0.05, 0.1) is 7.11 Å². The molecular weight excluding hydrogens is 314 g/mol. The zero-order valence-corrected chi connectivity index (χ0v) is 14.6. The molecule has 1 atom stereocenters. The van der Waals surface area contributed by atoms with Crippen LogP contribution in [0.25, 0.3) is 0 Å². The molecular formula is C17H26BrNO. The molecule has 1 saturated carbocycles. The average molecular weight is 340 g/mol. The normalized spacial score (nSPS) is 17.1. The van der Waals surface area contributed by atoms with Crippen molar-refractivity contribution in [1.82, 2.24) is 5.32 Å². The lowest BCUT2D eigenvalue weighted by Gasteiger charge is -2.31. The maximum atomic E-state index is 5.35. The Morgan fingerprint density at radius 2 is 2.05 bits per heavy atom. The standard InChI is InChI=1S/C17H26BrNO/c1-17(2,3)13(11-19-14-5-6-14)9-12-10-15(20-4)7-8-16(12)18/h7-8,10,13-14,19H,5-6,9,11H2,1-4H3. The quantitative estimate of drug-likeness (QED) is 0.828. The minimum Gasteiger partial charge on any atom is -0.497 e. The number of halogens is 1. The van der Waals surface area contributed by atoms with E-state index < -0.39 is 0 Å². The number of hydrogen-bond acceptors (Lipinski definition) is 2. The highest BCUT2D eigenvalue weighted by Crippen LogP contribution is 2.33. The summed E-state index contributed by atoms with van der Waals surface area (Å²) < 4.78 is 6.53. The van der Waals surface area contributed by atoms with E-state index >= 15 is 0 Å². The maximum Gasteiger partial charge on any atom is 0.119 e. The van der Waals surface area contributed by atoms with Crippen LogP contribution in [0.1, 0.15) is 39.2 Å². The summed E-state index contributed by atoms with van der Waals surface area (Å²) in [7, 11) is 1.73. The van der Waals surface area contributed by atoms with Gasteiger partial charge in [0.15, 0.2) is 0 Å². The smallest absolute Gasteiger partial charge is 0.119 e. The first-order valence-electron chi connectivity index (χ1n) is 7.46. The Balaban J connectivity index is 2.09. The summed E-state index contributed by atoms with van der Waals surface area (Å²) in [6, 6.07) is 7.01. The third-order valence-electron chi connectivity index (χ3n) is 4.17. The van der Waals surface area contributed by atoms with Gasteiger partial charge in [-0.2, -0.15) is 0 Å². The Kier molecular flexibility index (Phi) is 5.14. The van der Waals surface area contributed by atoms with Gasteiger partial charge in [-0.15, -0.1) is 0 Å². The van der Waals surface area contributed by atoms with Crippen LogP contribution in [0, 0.1) is 11.3 Å². The van der Waals surface area contributed by atoms with Crippen molar-refractivity contribution in [1.29, 1.82) is 0 Å². The topological polar surface area (TPSA) is 21.3 Å². The van der Waals surface area contributed by atoms with Crippen molar-refractivity contribution in [3.05, 3.63) is 28.2 Å². The zero-order valence-electron chi connectivity index (χ0n) is 13.0. The van der Waals surface area contributed by atoms with Crippen molar-refractivity contribution >= 4 is 15.9 Å². The molecule has 2 rings (SSSR count). The van der Waals surface area contributed by atoms with Gasteiger partial charge in [-0.3, -0.25) is 0 Å². The van der Waals surface area contributed by atoms with E-state index in [2.05, 4.69) is 54.2 Å². The summed E-state index contributed by atoms with van der Waals surface area (Å²) in [4.78, 5) is 0. The van der Waals surface area contributed by atoms with Gasteiger partial charge in [-0.05, 0) is 60.9 Å². The molecule has 0 heterocycles. The first kappa shape index (κ1) is 15.8. The van der Waals surface area contributed by atoms with E-state index in [-0.39, 0.29) is 0 Å². The third-order valence-corrected chi connectivity index (χ3v) is 4.95. The second-order valence-electron chi connectivity index (χ2n) is 6.91. The fraction of sp³-hybridized carbons (Fsp3) is 0.647. The van der Waals surface area contributed by atoms with E-state index in [1.165, 1.54) is 22.9 Å². The van der Waals surface area contributed by atoms with Crippen molar-refractivity contribution in [2.45, 2.75) is 46.1 Å². The fourth-order valence-electron chi connectivity index (χ4n) is 2.38. The summed E-state index contributed by atoms with van der Waals surface area (Å²) in [5.41, 5.74) is 1.63. The van der Waals surface area contributed by atoms with Crippen LogP contribution in [-0.2, 0) is 6.42 Å². The second kappa shape index (κ2) is 6.48. The molecule has 1 unspecified atom stereocenters. The Hall–Kier alpha value is -0.540. The molecule has 20 heavy (non-hydrogen) atoms. The molecule has 1 fully saturated rings. The summed E-state index contributed by atoms with van der Waals surface area (Å²) in [6.45, 7) is 8.10. The van der Waals surface area contributed by atoms with Gasteiger partial charge >= 0.3 is 0 Å². The number of nitrogens with one attached hydrogen (secondary N) is 1. The number of benzene rings is 1. The number of ether oxygens (including phenoxy) is 1. The van der Waals surface area contributed by atoms with Crippen LogP contribution in [0.15, 0.2) is 22.7 Å². The van der Waals surface area contributed by atoms with Crippen molar-refractivity contribution in [2.75, 3.05) is 13.7 Å². The van der Waals surface area contributed by atoms with E-state index in [1.54, 1.807) is 7.11 Å². The van der Waals surface area contributed by atoms with Crippen LogP contribution in [0.4, 0.5) is 0 Å². The molecule has 112 valence electrons. The summed E-state index contributed by atoms with van der Waals surface area (Å²) in [5, 5.41) is 3.68. The minimum absolute atomic E-state index is 0.296. The van der Waals surface area contributed by atoms with E-state index in [0.29, 0.717) is 11.3 Å². The van der Waals surface area contributed by atoms with Crippen molar-refractivity contribution in [2.24, 2.45) is 11.3 Å². The molecule has 3 heteroatoms. The van der Waals surface area contributed by atoms with Gasteiger partial charge in [0.25, 0.3) is 0 Å². The highest BCUT2D eigenvalue weighted by Gasteiger charge is 2.28. The highest BCUT2D eigenvalue weighted by molar-refractivity contribution is 9.10. The molecule has 1 aliphatic carbocycles. The van der Waals surface area contributed by atoms with E-state index in [4.69, 9.17) is 4.74 Å². The number of hydrogen-bond donors (Lipinski definition) is 1. The molecule has 0 saturated heterocycles. The molecule has 1 aliphatic rings. The van der Waals surface area contributed by atoms with E-state index in [9.17, 15) is 0 Å².